The zero-order chi connectivity index (χ0) is 10.3. The Hall–Kier alpha value is -0.700. The van der Waals surface area contributed by atoms with Crippen molar-refractivity contribution in [3.63, 3.8) is 0 Å². The largest absolute Gasteiger partial charge is 0.293 e. The minimum absolute atomic E-state index is 0.778. The van der Waals surface area contributed by atoms with Crippen LogP contribution in [0, 0.1) is 0 Å². The zero-order valence-corrected chi connectivity index (χ0v) is 9.46. The average Bonchev–Trinajstić information content (AvgIpc) is 2.00. The molecule has 0 bridgehead atoms. The van der Waals surface area contributed by atoms with Gasteiger partial charge in [-0.05, 0) is 34.7 Å². The SMILES string of the molecule is CC(C)=NCCN(C)CN=C(C)C. The third-order valence-electron chi connectivity index (χ3n) is 1.54. The van der Waals surface area contributed by atoms with Crippen LogP contribution in [0.5, 0.6) is 0 Å². The molecule has 0 aromatic carbocycles. The second kappa shape index (κ2) is 6.78. The van der Waals surface area contributed by atoms with Crippen LogP contribution in [0.2, 0.25) is 0 Å². The fourth-order valence-corrected chi connectivity index (χ4v) is 0.777. The first-order chi connectivity index (χ1) is 6.02. The van der Waals surface area contributed by atoms with E-state index in [2.05, 4.69) is 21.9 Å². The summed E-state index contributed by atoms with van der Waals surface area (Å²) in [7, 11) is 2.06. The van der Waals surface area contributed by atoms with Gasteiger partial charge in [0.25, 0.3) is 0 Å². The summed E-state index contributed by atoms with van der Waals surface area (Å²) < 4.78 is 0. The number of hydrogen-bond acceptors (Lipinski definition) is 3. The highest BCUT2D eigenvalue weighted by atomic mass is 15.2. The second-order valence-corrected chi connectivity index (χ2v) is 3.66. The van der Waals surface area contributed by atoms with Crippen LogP contribution in [-0.2, 0) is 0 Å². The lowest BCUT2D eigenvalue weighted by Gasteiger charge is -2.12. The highest BCUT2D eigenvalue weighted by molar-refractivity contribution is 5.79. The van der Waals surface area contributed by atoms with Crippen molar-refractivity contribution in [2.45, 2.75) is 27.7 Å². The molecular weight excluding hydrogens is 162 g/mol. The molecule has 0 N–H and O–H groups in total. The molecule has 76 valence electrons. The molecule has 0 saturated heterocycles. The first kappa shape index (κ1) is 12.3. The van der Waals surface area contributed by atoms with E-state index in [1.807, 2.05) is 27.7 Å². The molecule has 0 amide bonds. The molecule has 0 rings (SSSR count). The fourth-order valence-electron chi connectivity index (χ4n) is 0.777. The molecule has 0 aromatic rings. The maximum Gasteiger partial charge on any atom is 0.0906 e. The molecule has 0 aliphatic rings. The Kier molecular flexibility index (Phi) is 6.41. The Bertz CT molecular complexity index is 186. The van der Waals surface area contributed by atoms with Crippen LogP contribution in [0.1, 0.15) is 27.7 Å². The molecular formula is C10H21N3. The number of nitrogens with zero attached hydrogens (tertiary/aromatic N) is 3. The van der Waals surface area contributed by atoms with E-state index >= 15 is 0 Å². The summed E-state index contributed by atoms with van der Waals surface area (Å²) in [6.45, 7) is 10.7. The van der Waals surface area contributed by atoms with Crippen molar-refractivity contribution in [3.05, 3.63) is 0 Å². The fraction of sp³-hybridized carbons (Fsp3) is 0.800. The third kappa shape index (κ3) is 9.21. The lowest BCUT2D eigenvalue weighted by atomic mass is 10.5. The Morgan fingerprint density at radius 2 is 1.54 bits per heavy atom. The predicted octanol–water partition coefficient (Wildman–Crippen LogP) is 1.84. The smallest absolute Gasteiger partial charge is 0.0906 e. The van der Waals surface area contributed by atoms with Crippen LogP contribution in [0.15, 0.2) is 9.98 Å². The Balaban J connectivity index is 3.58. The van der Waals surface area contributed by atoms with Gasteiger partial charge in [0.1, 0.15) is 0 Å². The van der Waals surface area contributed by atoms with Crippen molar-refractivity contribution < 1.29 is 0 Å². The summed E-state index contributed by atoms with van der Waals surface area (Å²) in [6, 6.07) is 0. The van der Waals surface area contributed by atoms with Crippen molar-refractivity contribution in [1.82, 2.24) is 4.90 Å². The van der Waals surface area contributed by atoms with Gasteiger partial charge < -0.3 is 0 Å². The van der Waals surface area contributed by atoms with E-state index in [9.17, 15) is 0 Å². The molecule has 0 aliphatic heterocycles. The van der Waals surface area contributed by atoms with Gasteiger partial charge in [0.05, 0.1) is 13.2 Å². The number of hydrogen-bond donors (Lipinski definition) is 0. The van der Waals surface area contributed by atoms with Crippen molar-refractivity contribution in [1.29, 1.82) is 0 Å². The van der Waals surface area contributed by atoms with E-state index in [1.165, 1.54) is 0 Å². The summed E-state index contributed by atoms with van der Waals surface area (Å²) in [5.74, 6) is 0. The van der Waals surface area contributed by atoms with Crippen LogP contribution in [-0.4, -0.2) is 43.1 Å². The zero-order valence-electron chi connectivity index (χ0n) is 9.46. The molecule has 0 spiro atoms. The average molecular weight is 183 g/mol. The van der Waals surface area contributed by atoms with Crippen molar-refractivity contribution >= 4 is 11.4 Å². The van der Waals surface area contributed by atoms with Gasteiger partial charge in [-0.1, -0.05) is 0 Å². The van der Waals surface area contributed by atoms with E-state index in [0.717, 1.165) is 31.2 Å². The third-order valence-corrected chi connectivity index (χ3v) is 1.54. The van der Waals surface area contributed by atoms with Gasteiger partial charge in [-0.15, -0.1) is 0 Å². The minimum atomic E-state index is 0.778. The highest BCUT2D eigenvalue weighted by Crippen LogP contribution is 1.86. The van der Waals surface area contributed by atoms with Gasteiger partial charge in [-0.25, -0.2) is 0 Å². The van der Waals surface area contributed by atoms with Crippen LogP contribution >= 0.6 is 0 Å². The van der Waals surface area contributed by atoms with Gasteiger partial charge in [-0.3, -0.25) is 14.9 Å². The maximum atomic E-state index is 4.32. The second-order valence-electron chi connectivity index (χ2n) is 3.66. The van der Waals surface area contributed by atoms with E-state index < -0.39 is 0 Å². The standard InChI is InChI=1S/C10H21N3/c1-9(2)11-6-7-13(5)8-12-10(3)4/h6-8H2,1-5H3. The van der Waals surface area contributed by atoms with E-state index in [0.29, 0.717) is 0 Å². The van der Waals surface area contributed by atoms with Crippen LogP contribution in [0.4, 0.5) is 0 Å². The van der Waals surface area contributed by atoms with Gasteiger partial charge >= 0.3 is 0 Å². The van der Waals surface area contributed by atoms with Gasteiger partial charge in [0.2, 0.25) is 0 Å². The minimum Gasteiger partial charge on any atom is -0.293 e. The number of aliphatic imine (C=N–C) groups is 2. The maximum absolute atomic E-state index is 4.32. The molecule has 3 heteroatoms. The summed E-state index contributed by atoms with van der Waals surface area (Å²) in [6.07, 6.45) is 0. The number of likely N-dealkylation sites (N-methyl/N-ethyl adjacent to an activating group) is 1. The quantitative estimate of drug-likeness (QED) is 0.598. The number of rotatable bonds is 5. The van der Waals surface area contributed by atoms with E-state index in [-0.39, 0.29) is 0 Å². The van der Waals surface area contributed by atoms with Crippen LogP contribution in [0.25, 0.3) is 0 Å². The summed E-state index contributed by atoms with van der Waals surface area (Å²) in [5, 5.41) is 0. The van der Waals surface area contributed by atoms with E-state index in [1.54, 1.807) is 0 Å². The molecule has 0 atom stereocenters. The van der Waals surface area contributed by atoms with Crippen LogP contribution in [0.3, 0.4) is 0 Å². The predicted molar refractivity (Wildman–Crippen MR) is 59.9 cm³/mol. The lowest BCUT2D eigenvalue weighted by molar-refractivity contribution is 0.356. The van der Waals surface area contributed by atoms with Gasteiger partial charge in [-0.2, -0.15) is 0 Å². The summed E-state index contributed by atoms with van der Waals surface area (Å²) >= 11 is 0. The van der Waals surface area contributed by atoms with Gasteiger partial charge in [0, 0.05) is 18.0 Å². The van der Waals surface area contributed by atoms with Crippen LogP contribution < -0.4 is 0 Å². The monoisotopic (exact) mass is 183 g/mol. The highest BCUT2D eigenvalue weighted by Gasteiger charge is 1.94. The molecule has 0 aromatic heterocycles. The topological polar surface area (TPSA) is 28.0 Å². The summed E-state index contributed by atoms with van der Waals surface area (Å²) in [5.41, 5.74) is 2.27. The Labute approximate surface area is 81.6 Å². The first-order valence-electron chi connectivity index (χ1n) is 4.66. The molecule has 0 unspecified atom stereocenters. The van der Waals surface area contributed by atoms with Gasteiger partial charge in [0.15, 0.2) is 0 Å². The van der Waals surface area contributed by atoms with E-state index in [4.69, 9.17) is 0 Å². The van der Waals surface area contributed by atoms with Crippen molar-refractivity contribution in [3.8, 4) is 0 Å². The lowest BCUT2D eigenvalue weighted by Crippen LogP contribution is -2.22. The van der Waals surface area contributed by atoms with Crippen molar-refractivity contribution in [2.75, 3.05) is 26.8 Å². The molecule has 13 heavy (non-hydrogen) atoms. The molecule has 0 heterocycles. The normalized spacial score (nSPS) is 10.0. The molecule has 0 fully saturated rings. The van der Waals surface area contributed by atoms with Crippen molar-refractivity contribution in [2.24, 2.45) is 9.98 Å². The molecule has 0 aliphatic carbocycles. The molecule has 0 radical (unpaired) electrons. The first-order valence-corrected chi connectivity index (χ1v) is 4.66. The Morgan fingerprint density at radius 3 is 2.00 bits per heavy atom. The molecule has 3 nitrogen and oxygen atoms in total. The Morgan fingerprint density at radius 1 is 1.00 bits per heavy atom. The summed E-state index contributed by atoms with van der Waals surface area (Å²) in [4.78, 5) is 10.8. The molecule has 0 saturated carbocycles.